The van der Waals surface area contributed by atoms with Crippen LogP contribution in [-0.2, 0) is 19.6 Å². The quantitative estimate of drug-likeness (QED) is 0.550. The van der Waals surface area contributed by atoms with E-state index in [0.29, 0.717) is 11.3 Å². The monoisotopic (exact) mass is 414 g/mol. The lowest BCUT2D eigenvalue weighted by Gasteiger charge is -2.26. The SMILES string of the molecule is CC(C)(CC(=O)OCC(=O)c1ccccc1)CC1=NS(=O)(=O)c2ccccc2N1. The van der Waals surface area contributed by atoms with Crippen molar-refractivity contribution in [3.8, 4) is 0 Å². The van der Waals surface area contributed by atoms with E-state index >= 15 is 0 Å². The van der Waals surface area contributed by atoms with Gasteiger partial charge in [0.25, 0.3) is 10.0 Å². The highest BCUT2D eigenvalue weighted by Crippen LogP contribution is 2.32. The molecular formula is C21H22N2O5S. The van der Waals surface area contributed by atoms with E-state index in [1.807, 2.05) is 13.8 Å². The Kier molecular flexibility index (Phi) is 5.83. The van der Waals surface area contributed by atoms with Crippen LogP contribution >= 0.6 is 0 Å². The third-order valence-electron chi connectivity index (χ3n) is 4.40. The minimum absolute atomic E-state index is 0.0114. The standard InChI is InChI=1S/C21H22N2O5S/c1-21(2,13-20(25)28-14-17(24)15-8-4-3-5-9-15)12-19-22-16-10-6-7-11-18(16)29(26,27)23-19/h3-11H,12-14H2,1-2H3,(H,22,23). The summed E-state index contributed by atoms with van der Waals surface area (Å²) in [4.78, 5) is 24.4. The van der Waals surface area contributed by atoms with Crippen LogP contribution in [0, 0.1) is 5.41 Å². The number of ether oxygens (including phenoxy) is 1. The molecule has 3 rings (SSSR count). The van der Waals surface area contributed by atoms with E-state index in [1.54, 1.807) is 48.5 Å². The molecule has 2 aromatic carbocycles. The number of carbonyl (C=O) groups excluding carboxylic acids is 2. The average Bonchev–Trinajstić information content (AvgIpc) is 2.65. The molecule has 0 saturated heterocycles. The largest absolute Gasteiger partial charge is 0.457 e. The smallest absolute Gasteiger partial charge is 0.306 e. The van der Waals surface area contributed by atoms with E-state index in [4.69, 9.17) is 4.74 Å². The lowest BCUT2D eigenvalue weighted by Crippen LogP contribution is -2.29. The number of nitrogens with zero attached hydrogens (tertiary/aromatic N) is 1. The van der Waals surface area contributed by atoms with Gasteiger partial charge in [-0.25, -0.2) is 0 Å². The van der Waals surface area contributed by atoms with Crippen LogP contribution in [-0.4, -0.2) is 32.6 Å². The van der Waals surface area contributed by atoms with Gasteiger partial charge in [0.15, 0.2) is 12.4 Å². The Morgan fingerprint density at radius 2 is 1.69 bits per heavy atom. The molecule has 1 N–H and O–H groups in total. The molecule has 2 aromatic rings. The van der Waals surface area contributed by atoms with Crippen molar-refractivity contribution in [2.75, 3.05) is 11.9 Å². The van der Waals surface area contributed by atoms with Crippen LogP contribution in [0.3, 0.4) is 0 Å². The molecule has 0 radical (unpaired) electrons. The third kappa shape index (κ3) is 5.29. The summed E-state index contributed by atoms with van der Waals surface area (Å²) in [6.45, 7) is 3.29. The fraction of sp³-hybridized carbons (Fsp3) is 0.286. The number of anilines is 1. The summed E-state index contributed by atoms with van der Waals surface area (Å²) in [6.07, 6.45) is 0.236. The second-order valence-electron chi connectivity index (χ2n) is 7.60. The lowest BCUT2D eigenvalue weighted by atomic mass is 9.85. The number of rotatable bonds is 7. The summed E-state index contributed by atoms with van der Waals surface area (Å²) < 4.78 is 33.6. The van der Waals surface area contributed by atoms with Gasteiger partial charge in [-0.15, -0.1) is 4.40 Å². The van der Waals surface area contributed by atoms with Crippen LogP contribution in [0.2, 0.25) is 0 Å². The lowest BCUT2D eigenvalue weighted by molar-refractivity contribution is -0.144. The Labute approximate surface area is 169 Å². The topological polar surface area (TPSA) is 102 Å². The van der Waals surface area contributed by atoms with E-state index in [1.165, 1.54) is 6.07 Å². The highest BCUT2D eigenvalue weighted by atomic mass is 32.2. The molecule has 1 aliphatic heterocycles. The number of Topliss-reactive ketones (excluding diaryl/α,β-unsaturated/α-hetero) is 1. The summed E-state index contributed by atoms with van der Waals surface area (Å²) in [6, 6.07) is 15.1. The van der Waals surface area contributed by atoms with Crippen LogP contribution in [0.4, 0.5) is 5.69 Å². The molecule has 29 heavy (non-hydrogen) atoms. The molecule has 0 fully saturated rings. The van der Waals surface area contributed by atoms with Crippen molar-refractivity contribution >= 4 is 33.3 Å². The van der Waals surface area contributed by atoms with Crippen molar-refractivity contribution in [2.45, 2.75) is 31.6 Å². The summed E-state index contributed by atoms with van der Waals surface area (Å²) in [5.74, 6) is -0.543. The van der Waals surface area contributed by atoms with Crippen LogP contribution in [0.25, 0.3) is 0 Å². The van der Waals surface area contributed by atoms with Gasteiger partial charge in [-0.05, 0) is 17.5 Å². The predicted octanol–water partition coefficient (Wildman–Crippen LogP) is 3.43. The number of ketones is 1. The maximum Gasteiger partial charge on any atom is 0.306 e. The van der Waals surface area contributed by atoms with Crippen molar-refractivity contribution in [3.05, 3.63) is 60.2 Å². The normalized spacial score (nSPS) is 14.9. The molecule has 0 aromatic heterocycles. The zero-order valence-electron chi connectivity index (χ0n) is 16.2. The van der Waals surface area contributed by atoms with Crippen LogP contribution in [0.5, 0.6) is 0 Å². The van der Waals surface area contributed by atoms with Crippen molar-refractivity contribution < 1.29 is 22.7 Å². The van der Waals surface area contributed by atoms with Crippen molar-refractivity contribution in [1.82, 2.24) is 0 Å². The molecule has 0 unspecified atom stereocenters. The molecule has 1 aliphatic rings. The molecule has 152 valence electrons. The number of hydrogen-bond acceptors (Lipinski definition) is 6. The van der Waals surface area contributed by atoms with Gasteiger partial charge in [0.05, 0.1) is 12.1 Å². The number of benzene rings is 2. The fourth-order valence-corrected chi connectivity index (χ4v) is 4.20. The van der Waals surface area contributed by atoms with E-state index in [-0.39, 0.29) is 36.0 Å². The average molecular weight is 414 g/mol. The van der Waals surface area contributed by atoms with Crippen LogP contribution in [0.15, 0.2) is 63.9 Å². The van der Waals surface area contributed by atoms with Gasteiger partial charge >= 0.3 is 5.97 Å². The number of nitrogens with one attached hydrogen (secondary N) is 1. The van der Waals surface area contributed by atoms with Crippen molar-refractivity contribution in [3.63, 3.8) is 0 Å². The first kappa shape index (κ1) is 20.7. The maximum absolute atomic E-state index is 12.3. The Morgan fingerprint density at radius 3 is 2.41 bits per heavy atom. The summed E-state index contributed by atoms with van der Waals surface area (Å²) in [7, 11) is -3.78. The number of carbonyl (C=O) groups is 2. The third-order valence-corrected chi connectivity index (χ3v) is 5.78. The number of fused-ring (bicyclic) bond motifs is 1. The van der Waals surface area contributed by atoms with E-state index in [9.17, 15) is 18.0 Å². The molecule has 1 heterocycles. The zero-order chi connectivity index (χ0) is 21.1. The number of para-hydroxylation sites is 1. The number of esters is 1. The molecule has 0 amide bonds. The molecule has 8 heteroatoms. The first-order valence-corrected chi connectivity index (χ1v) is 10.5. The second kappa shape index (κ2) is 8.16. The summed E-state index contributed by atoms with van der Waals surface area (Å²) in [5.41, 5.74) is 0.314. The fourth-order valence-electron chi connectivity index (χ4n) is 3.05. The highest BCUT2D eigenvalue weighted by molar-refractivity contribution is 7.90. The number of amidine groups is 1. The molecule has 0 atom stereocenters. The van der Waals surface area contributed by atoms with Gasteiger partial charge in [-0.2, -0.15) is 8.42 Å². The Bertz CT molecular complexity index is 1060. The minimum atomic E-state index is -3.78. The molecule has 7 nitrogen and oxygen atoms in total. The van der Waals surface area contributed by atoms with Gasteiger partial charge < -0.3 is 10.1 Å². The number of hydrogen-bond donors (Lipinski definition) is 1. The van der Waals surface area contributed by atoms with Crippen molar-refractivity contribution in [2.24, 2.45) is 9.81 Å². The Hall–Kier alpha value is -3.00. The molecule has 0 aliphatic carbocycles. The molecule has 0 saturated carbocycles. The van der Waals surface area contributed by atoms with E-state index in [0.717, 1.165) is 0 Å². The number of sulfonamides is 1. The Balaban J connectivity index is 1.59. The van der Waals surface area contributed by atoms with E-state index in [2.05, 4.69) is 9.71 Å². The summed E-state index contributed by atoms with van der Waals surface area (Å²) in [5, 5.41) is 3.02. The first-order chi connectivity index (χ1) is 13.7. The predicted molar refractivity (Wildman–Crippen MR) is 109 cm³/mol. The Morgan fingerprint density at radius 1 is 1.03 bits per heavy atom. The van der Waals surface area contributed by atoms with E-state index < -0.39 is 21.4 Å². The molecular weight excluding hydrogens is 392 g/mol. The van der Waals surface area contributed by atoms with Gasteiger partial charge in [0.2, 0.25) is 0 Å². The van der Waals surface area contributed by atoms with Gasteiger partial charge in [0, 0.05) is 12.0 Å². The van der Waals surface area contributed by atoms with Gasteiger partial charge in [-0.1, -0.05) is 56.3 Å². The van der Waals surface area contributed by atoms with Crippen molar-refractivity contribution in [1.29, 1.82) is 0 Å². The van der Waals surface area contributed by atoms with Crippen LogP contribution < -0.4 is 5.32 Å². The minimum Gasteiger partial charge on any atom is -0.457 e. The van der Waals surface area contributed by atoms with Gasteiger partial charge in [0.1, 0.15) is 10.7 Å². The summed E-state index contributed by atoms with van der Waals surface area (Å²) >= 11 is 0. The molecule has 0 spiro atoms. The maximum atomic E-state index is 12.3. The highest BCUT2D eigenvalue weighted by Gasteiger charge is 2.30. The van der Waals surface area contributed by atoms with Crippen LogP contribution in [0.1, 0.15) is 37.0 Å². The second-order valence-corrected chi connectivity index (χ2v) is 9.17. The molecule has 0 bridgehead atoms. The van der Waals surface area contributed by atoms with Gasteiger partial charge in [-0.3, -0.25) is 9.59 Å². The first-order valence-electron chi connectivity index (χ1n) is 9.10. The zero-order valence-corrected chi connectivity index (χ0v) is 17.0.